The average Bonchev–Trinajstić information content (AvgIpc) is 2.33. The van der Waals surface area contributed by atoms with E-state index in [4.69, 9.17) is 21.1 Å². The topological polar surface area (TPSA) is 21.7 Å². The van der Waals surface area contributed by atoms with Crippen molar-refractivity contribution >= 4 is 11.6 Å². The quantitative estimate of drug-likeness (QED) is 0.678. The van der Waals surface area contributed by atoms with Gasteiger partial charge in [-0.15, -0.1) is 0 Å². The van der Waals surface area contributed by atoms with E-state index in [0.717, 1.165) is 23.7 Å². The second-order valence-corrected chi connectivity index (χ2v) is 4.54. The van der Waals surface area contributed by atoms with Gasteiger partial charge in [0, 0.05) is 31.3 Å². The minimum Gasteiger partial charge on any atom is -0.352 e. The molecule has 1 aromatic rings. The van der Waals surface area contributed by atoms with Gasteiger partial charge >= 0.3 is 0 Å². The Balaban J connectivity index is 2.49. The van der Waals surface area contributed by atoms with E-state index >= 15 is 0 Å². The van der Waals surface area contributed by atoms with Crippen molar-refractivity contribution in [2.24, 2.45) is 0 Å². The molecule has 18 heavy (non-hydrogen) atoms. The van der Waals surface area contributed by atoms with Crippen LogP contribution in [-0.2, 0) is 16.0 Å². The van der Waals surface area contributed by atoms with Gasteiger partial charge in [-0.25, -0.2) is 0 Å². The summed E-state index contributed by atoms with van der Waals surface area (Å²) in [5, 5.41) is 0.800. The van der Waals surface area contributed by atoms with Gasteiger partial charge in [0.05, 0.1) is 0 Å². The molecular formula is C14H22ClNO2. The highest BCUT2D eigenvalue weighted by atomic mass is 35.5. The molecule has 4 heteroatoms. The zero-order valence-electron chi connectivity index (χ0n) is 11.4. The fourth-order valence-corrected chi connectivity index (χ4v) is 1.96. The zero-order valence-corrected chi connectivity index (χ0v) is 12.1. The molecule has 3 nitrogen and oxygen atoms in total. The van der Waals surface area contributed by atoms with E-state index in [0.29, 0.717) is 13.2 Å². The molecule has 0 atom stereocenters. The van der Waals surface area contributed by atoms with Gasteiger partial charge in [-0.1, -0.05) is 29.8 Å². The van der Waals surface area contributed by atoms with Crippen molar-refractivity contribution in [1.82, 2.24) is 4.90 Å². The summed E-state index contributed by atoms with van der Waals surface area (Å²) >= 11 is 6.14. The second-order valence-electron chi connectivity index (χ2n) is 4.13. The van der Waals surface area contributed by atoms with Crippen molar-refractivity contribution in [3.05, 3.63) is 34.9 Å². The Morgan fingerprint density at radius 1 is 1.17 bits per heavy atom. The fourth-order valence-electron chi connectivity index (χ4n) is 1.76. The Hall–Kier alpha value is -0.610. The summed E-state index contributed by atoms with van der Waals surface area (Å²) in [4.78, 5) is 2.15. The number of nitrogens with zero attached hydrogens (tertiary/aromatic N) is 1. The normalized spacial score (nSPS) is 11.4. The number of likely N-dealkylation sites (N-methyl/N-ethyl adjacent to an activating group) is 1. The highest BCUT2D eigenvalue weighted by Gasteiger charge is 2.12. The second kappa shape index (κ2) is 8.48. The zero-order chi connectivity index (χ0) is 13.4. The molecule has 0 radical (unpaired) electrons. The number of hydrogen-bond acceptors (Lipinski definition) is 3. The summed E-state index contributed by atoms with van der Waals surface area (Å²) < 4.78 is 11.0. The Morgan fingerprint density at radius 2 is 1.78 bits per heavy atom. The van der Waals surface area contributed by atoms with Crippen LogP contribution in [0.25, 0.3) is 0 Å². The highest BCUT2D eigenvalue weighted by molar-refractivity contribution is 6.31. The fraction of sp³-hybridized carbons (Fsp3) is 0.571. The van der Waals surface area contributed by atoms with Crippen molar-refractivity contribution in [1.29, 1.82) is 0 Å². The van der Waals surface area contributed by atoms with E-state index in [1.165, 1.54) is 0 Å². The summed E-state index contributed by atoms with van der Waals surface area (Å²) in [6.45, 7) is 6.78. The number of rotatable bonds is 8. The van der Waals surface area contributed by atoms with Crippen LogP contribution in [0.3, 0.4) is 0 Å². The van der Waals surface area contributed by atoms with Crippen LogP contribution >= 0.6 is 11.6 Å². The third-order valence-electron chi connectivity index (χ3n) is 2.56. The van der Waals surface area contributed by atoms with Crippen LogP contribution in [0.1, 0.15) is 19.4 Å². The Labute approximate surface area is 115 Å². The standard InChI is InChI=1S/C14H22ClNO2/c1-4-17-14(18-5-2)11-16(3)10-12-8-6-7-9-13(12)15/h6-9,14H,4-5,10-11H2,1-3H3. The molecule has 0 aliphatic heterocycles. The largest absolute Gasteiger partial charge is 0.352 e. The first-order chi connectivity index (χ1) is 8.67. The van der Waals surface area contributed by atoms with E-state index in [9.17, 15) is 0 Å². The first-order valence-electron chi connectivity index (χ1n) is 6.32. The lowest BCUT2D eigenvalue weighted by atomic mass is 10.2. The van der Waals surface area contributed by atoms with Crippen LogP contribution in [0.2, 0.25) is 5.02 Å². The molecule has 0 aliphatic carbocycles. The smallest absolute Gasteiger partial charge is 0.170 e. The first kappa shape index (κ1) is 15.4. The van der Waals surface area contributed by atoms with Crippen LogP contribution in [0, 0.1) is 0 Å². The molecule has 0 heterocycles. The molecule has 1 aromatic carbocycles. The van der Waals surface area contributed by atoms with E-state index < -0.39 is 0 Å². The third-order valence-corrected chi connectivity index (χ3v) is 2.93. The van der Waals surface area contributed by atoms with Gasteiger partial charge in [-0.3, -0.25) is 4.90 Å². The van der Waals surface area contributed by atoms with Crippen LogP contribution in [0.5, 0.6) is 0 Å². The van der Waals surface area contributed by atoms with Crippen molar-refractivity contribution in [2.75, 3.05) is 26.8 Å². The summed E-state index contributed by atoms with van der Waals surface area (Å²) in [5.41, 5.74) is 1.12. The predicted molar refractivity (Wildman–Crippen MR) is 74.8 cm³/mol. The van der Waals surface area contributed by atoms with Crippen LogP contribution < -0.4 is 0 Å². The van der Waals surface area contributed by atoms with E-state index in [1.807, 2.05) is 45.2 Å². The molecule has 0 bridgehead atoms. The maximum atomic E-state index is 6.14. The molecule has 0 unspecified atom stereocenters. The van der Waals surface area contributed by atoms with E-state index in [1.54, 1.807) is 0 Å². The molecule has 0 fully saturated rings. The molecule has 0 amide bonds. The number of hydrogen-bond donors (Lipinski definition) is 0. The van der Waals surface area contributed by atoms with Crippen molar-refractivity contribution < 1.29 is 9.47 Å². The SMILES string of the molecule is CCOC(CN(C)Cc1ccccc1Cl)OCC. The molecule has 0 spiro atoms. The molecule has 0 aromatic heterocycles. The average molecular weight is 272 g/mol. The maximum Gasteiger partial charge on any atom is 0.170 e. The summed E-state index contributed by atoms with van der Waals surface area (Å²) in [6, 6.07) is 7.88. The van der Waals surface area contributed by atoms with Gasteiger partial charge in [0.1, 0.15) is 0 Å². The summed E-state index contributed by atoms with van der Waals surface area (Å²) in [5.74, 6) is 0. The van der Waals surface area contributed by atoms with Gasteiger partial charge in [0.25, 0.3) is 0 Å². The monoisotopic (exact) mass is 271 g/mol. The molecule has 102 valence electrons. The van der Waals surface area contributed by atoms with Crippen molar-refractivity contribution in [3.63, 3.8) is 0 Å². The number of ether oxygens (including phenoxy) is 2. The number of halogens is 1. The van der Waals surface area contributed by atoms with Crippen molar-refractivity contribution in [3.8, 4) is 0 Å². The lowest BCUT2D eigenvalue weighted by Crippen LogP contribution is -2.33. The molecule has 0 saturated heterocycles. The van der Waals surface area contributed by atoms with Gasteiger partial charge < -0.3 is 9.47 Å². The Bertz CT molecular complexity index is 340. The summed E-state index contributed by atoms with van der Waals surface area (Å²) in [7, 11) is 2.04. The lowest BCUT2D eigenvalue weighted by molar-refractivity contribution is -0.145. The minimum atomic E-state index is -0.174. The highest BCUT2D eigenvalue weighted by Crippen LogP contribution is 2.16. The molecule has 0 aliphatic rings. The van der Waals surface area contributed by atoms with E-state index in [-0.39, 0.29) is 6.29 Å². The molecule has 1 rings (SSSR count). The van der Waals surface area contributed by atoms with Crippen LogP contribution in [0.4, 0.5) is 0 Å². The van der Waals surface area contributed by atoms with E-state index in [2.05, 4.69) is 4.90 Å². The lowest BCUT2D eigenvalue weighted by Gasteiger charge is -2.24. The predicted octanol–water partition coefficient (Wildman–Crippen LogP) is 3.17. The van der Waals surface area contributed by atoms with Gasteiger partial charge in [-0.05, 0) is 32.5 Å². The first-order valence-corrected chi connectivity index (χ1v) is 6.70. The maximum absolute atomic E-state index is 6.14. The number of benzene rings is 1. The minimum absolute atomic E-state index is 0.174. The molecule has 0 N–H and O–H groups in total. The van der Waals surface area contributed by atoms with Crippen LogP contribution in [0.15, 0.2) is 24.3 Å². The Morgan fingerprint density at radius 3 is 2.33 bits per heavy atom. The van der Waals surface area contributed by atoms with Crippen molar-refractivity contribution in [2.45, 2.75) is 26.7 Å². The van der Waals surface area contributed by atoms with Gasteiger partial charge in [0.15, 0.2) is 6.29 Å². The molecular weight excluding hydrogens is 250 g/mol. The van der Waals surface area contributed by atoms with Gasteiger partial charge in [0.2, 0.25) is 0 Å². The Kier molecular flexibility index (Phi) is 7.28. The van der Waals surface area contributed by atoms with Crippen LogP contribution in [-0.4, -0.2) is 38.0 Å². The molecule has 0 saturated carbocycles. The third kappa shape index (κ3) is 5.36. The van der Waals surface area contributed by atoms with Gasteiger partial charge in [-0.2, -0.15) is 0 Å². The summed E-state index contributed by atoms with van der Waals surface area (Å²) in [6.07, 6.45) is -0.174.